The Labute approximate surface area is 171 Å². The molecule has 29 heavy (non-hydrogen) atoms. The Morgan fingerprint density at radius 1 is 1.14 bits per heavy atom. The first kappa shape index (κ1) is 19.2. The van der Waals surface area contributed by atoms with Gasteiger partial charge < -0.3 is 10.0 Å². The Kier molecular flexibility index (Phi) is 5.34. The van der Waals surface area contributed by atoms with Crippen LogP contribution in [0.2, 0.25) is 0 Å². The third kappa shape index (κ3) is 4.02. The van der Waals surface area contributed by atoms with E-state index in [2.05, 4.69) is 66.3 Å². The van der Waals surface area contributed by atoms with Gasteiger partial charge in [0.2, 0.25) is 0 Å². The van der Waals surface area contributed by atoms with E-state index < -0.39 is 5.97 Å². The maximum Gasteiger partial charge on any atom is 0.336 e. The second-order valence-electron chi connectivity index (χ2n) is 7.89. The molecule has 2 aromatic carbocycles. The van der Waals surface area contributed by atoms with Crippen molar-refractivity contribution in [2.24, 2.45) is 0 Å². The molecule has 0 radical (unpaired) electrons. The van der Waals surface area contributed by atoms with E-state index in [4.69, 9.17) is 0 Å². The van der Waals surface area contributed by atoms with Gasteiger partial charge >= 0.3 is 5.97 Å². The number of aryl methyl sites for hydroxylation is 3. The molecule has 3 aromatic rings. The molecule has 0 aliphatic heterocycles. The van der Waals surface area contributed by atoms with Crippen LogP contribution in [0, 0.1) is 6.92 Å². The number of pyridine rings is 1. The van der Waals surface area contributed by atoms with Gasteiger partial charge in [0.15, 0.2) is 0 Å². The van der Waals surface area contributed by atoms with E-state index in [1.54, 1.807) is 18.5 Å². The van der Waals surface area contributed by atoms with Crippen LogP contribution in [0.5, 0.6) is 0 Å². The van der Waals surface area contributed by atoms with E-state index in [-0.39, 0.29) is 0 Å². The number of benzene rings is 2. The summed E-state index contributed by atoms with van der Waals surface area (Å²) >= 11 is 0. The summed E-state index contributed by atoms with van der Waals surface area (Å²) in [6, 6.07) is 16.9. The summed E-state index contributed by atoms with van der Waals surface area (Å²) in [5.74, 6) is -0.399. The van der Waals surface area contributed by atoms with Crippen LogP contribution in [-0.4, -0.2) is 23.1 Å². The first-order valence-corrected chi connectivity index (χ1v) is 10.1. The molecule has 1 N–H and O–H groups in total. The van der Waals surface area contributed by atoms with Gasteiger partial charge in [-0.05, 0) is 85.5 Å². The lowest BCUT2D eigenvalue weighted by Crippen LogP contribution is -2.10. The average molecular weight is 386 g/mol. The van der Waals surface area contributed by atoms with Crippen LogP contribution in [0.25, 0.3) is 0 Å². The highest BCUT2D eigenvalue weighted by molar-refractivity contribution is 5.89. The fourth-order valence-corrected chi connectivity index (χ4v) is 4.28. The number of carbonyl (C=O) groups is 1. The summed E-state index contributed by atoms with van der Waals surface area (Å²) in [4.78, 5) is 17.8. The Morgan fingerprint density at radius 2 is 1.90 bits per heavy atom. The fourth-order valence-electron chi connectivity index (χ4n) is 4.28. The molecule has 0 amide bonds. The van der Waals surface area contributed by atoms with E-state index in [9.17, 15) is 9.90 Å². The number of hydrogen-bond acceptors (Lipinski definition) is 3. The average Bonchev–Trinajstić information content (AvgIpc) is 3.14. The second kappa shape index (κ2) is 8.08. The van der Waals surface area contributed by atoms with Crippen LogP contribution in [0.4, 0.5) is 11.4 Å². The van der Waals surface area contributed by atoms with Crippen molar-refractivity contribution in [1.82, 2.24) is 4.98 Å². The van der Waals surface area contributed by atoms with E-state index >= 15 is 0 Å². The predicted molar refractivity (Wildman–Crippen MR) is 116 cm³/mol. The van der Waals surface area contributed by atoms with Crippen LogP contribution >= 0.6 is 0 Å². The van der Waals surface area contributed by atoms with Crippen molar-refractivity contribution in [2.75, 3.05) is 11.9 Å². The predicted octanol–water partition coefficient (Wildman–Crippen LogP) is 5.52. The third-order valence-electron chi connectivity index (χ3n) is 6.03. The highest BCUT2D eigenvalue weighted by Crippen LogP contribution is 2.39. The van der Waals surface area contributed by atoms with Crippen molar-refractivity contribution in [1.29, 1.82) is 0 Å². The van der Waals surface area contributed by atoms with Gasteiger partial charge in [0.25, 0.3) is 0 Å². The zero-order valence-electron chi connectivity index (χ0n) is 16.9. The van der Waals surface area contributed by atoms with E-state index in [0.717, 1.165) is 31.2 Å². The van der Waals surface area contributed by atoms with E-state index in [0.29, 0.717) is 11.5 Å². The first-order chi connectivity index (χ1) is 14.0. The van der Waals surface area contributed by atoms with Crippen molar-refractivity contribution in [3.05, 3.63) is 88.7 Å². The summed E-state index contributed by atoms with van der Waals surface area (Å²) in [6.45, 7) is 2.10. The Balaban J connectivity index is 1.49. The molecule has 1 aliphatic rings. The number of aromatic carboxylic acids is 1. The van der Waals surface area contributed by atoms with Crippen LogP contribution in [0.15, 0.2) is 60.9 Å². The smallest absolute Gasteiger partial charge is 0.336 e. The lowest BCUT2D eigenvalue weighted by Gasteiger charge is -2.21. The quantitative estimate of drug-likeness (QED) is 0.606. The summed E-state index contributed by atoms with van der Waals surface area (Å²) in [6.07, 6.45) is 7.13. The van der Waals surface area contributed by atoms with Gasteiger partial charge in [-0.15, -0.1) is 0 Å². The van der Waals surface area contributed by atoms with Crippen LogP contribution in [-0.2, 0) is 12.8 Å². The molecule has 0 spiro atoms. The topological polar surface area (TPSA) is 53.4 Å². The van der Waals surface area contributed by atoms with Crippen molar-refractivity contribution in [3.8, 4) is 0 Å². The minimum atomic E-state index is -0.877. The largest absolute Gasteiger partial charge is 0.478 e. The lowest BCUT2D eigenvalue weighted by atomic mass is 9.93. The zero-order chi connectivity index (χ0) is 20.4. The van der Waals surface area contributed by atoms with Gasteiger partial charge in [-0.1, -0.05) is 23.8 Å². The van der Waals surface area contributed by atoms with Gasteiger partial charge in [0.05, 0.1) is 5.56 Å². The molecule has 148 valence electrons. The molecule has 0 bridgehead atoms. The van der Waals surface area contributed by atoms with Gasteiger partial charge in [-0.3, -0.25) is 4.98 Å². The number of carboxylic acids is 1. The number of hydrogen-bond donors (Lipinski definition) is 1. The molecule has 0 saturated heterocycles. The standard InChI is InChI=1S/C25H26N2O2/c1-17-3-9-21(10-4-17)27(2)22-11-12-23-18(5-7-19(23)15-22)6-8-20-16-26-14-13-24(20)25(28)29/h3-4,9-16,18H,5-8H2,1-2H3,(H,28,29)/t18-/m0/s1. The summed E-state index contributed by atoms with van der Waals surface area (Å²) in [5, 5.41) is 9.37. The lowest BCUT2D eigenvalue weighted by molar-refractivity contribution is 0.0695. The highest BCUT2D eigenvalue weighted by atomic mass is 16.4. The molecule has 1 aromatic heterocycles. The first-order valence-electron chi connectivity index (χ1n) is 10.1. The third-order valence-corrected chi connectivity index (χ3v) is 6.03. The summed E-state index contributed by atoms with van der Waals surface area (Å²) in [5.41, 5.74) is 7.66. The number of nitrogens with zero attached hydrogens (tertiary/aromatic N) is 2. The van der Waals surface area contributed by atoms with Crippen molar-refractivity contribution in [3.63, 3.8) is 0 Å². The monoisotopic (exact) mass is 386 g/mol. The van der Waals surface area contributed by atoms with Crippen LogP contribution in [0.1, 0.15) is 51.4 Å². The Morgan fingerprint density at radius 3 is 2.66 bits per heavy atom. The molecule has 0 saturated carbocycles. The van der Waals surface area contributed by atoms with E-state index in [1.165, 1.54) is 28.1 Å². The zero-order valence-corrected chi connectivity index (χ0v) is 16.9. The fraction of sp³-hybridized carbons (Fsp3) is 0.280. The normalized spacial score (nSPS) is 15.2. The number of fused-ring (bicyclic) bond motifs is 1. The molecule has 0 unspecified atom stereocenters. The molecule has 4 heteroatoms. The second-order valence-corrected chi connectivity index (χ2v) is 7.89. The van der Waals surface area contributed by atoms with Gasteiger partial charge in [0, 0.05) is 30.8 Å². The van der Waals surface area contributed by atoms with Crippen molar-refractivity contribution >= 4 is 17.3 Å². The summed E-state index contributed by atoms with van der Waals surface area (Å²) < 4.78 is 0. The number of carboxylic acid groups (broad SMARTS) is 1. The van der Waals surface area contributed by atoms with Gasteiger partial charge in [0.1, 0.15) is 0 Å². The minimum absolute atomic E-state index is 0.369. The SMILES string of the molecule is Cc1ccc(N(C)c2ccc3c(c2)CC[C@H]3CCc2cnccc2C(=O)O)cc1. The number of aromatic nitrogens is 1. The molecule has 1 aliphatic carbocycles. The minimum Gasteiger partial charge on any atom is -0.478 e. The van der Waals surface area contributed by atoms with Crippen LogP contribution < -0.4 is 4.90 Å². The van der Waals surface area contributed by atoms with Crippen molar-refractivity contribution in [2.45, 2.75) is 38.5 Å². The Bertz CT molecular complexity index is 1030. The number of rotatable bonds is 6. The highest BCUT2D eigenvalue weighted by Gasteiger charge is 2.23. The molecule has 1 atom stereocenters. The molecule has 1 heterocycles. The molecule has 4 nitrogen and oxygen atoms in total. The molecular formula is C25H26N2O2. The van der Waals surface area contributed by atoms with Gasteiger partial charge in [-0.25, -0.2) is 4.79 Å². The van der Waals surface area contributed by atoms with Crippen molar-refractivity contribution < 1.29 is 9.90 Å². The van der Waals surface area contributed by atoms with Gasteiger partial charge in [-0.2, -0.15) is 0 Å². The van der Waals surface area contributed by atoms with E-state index in [1.807, 2.05) is 0 Å². The van der Waals surface area contributed by atoms with Crippen LogP contribution in [0.3, 0.4) is 0 Å². The molecule has 4 rings (SSSR count). The molecule has 0 fully saturated rings. The number of anilines is 2. The summed E-state index contributed by atoms with van der Waals surface area (Å²) in [7, 11) is 2.11. The maximum atomic E-state index is 11.4. The Hall–Kier alpha value is -3.14. The molecular weight excluding hydrogens is 360 g/mol. The maximum absolute atomic E-state index is 11.4.